The van der Waals surface area contributed by atoms with E-state index in [1.165, 1.54) is 18.4 Å². The zero-order valence-corrected chi connectivity index (χ0v) is 16.9. The molecule has 1 amide bonds. The molecular formula is C13H19BrN4O4S2. The highest BCUT2D eigenvalue weighted by Crippen LogP contribution is 2.30. The molecular weight excluding hydrogens is 420 g/mol. The first kappa shape index (κ1) is 19.2. The monoisotopic (exact) mass is 438 g/mol. The van der Waals surface area contributed by atoms with Crippen molar-refractivity contribution in [1.82, 2.24) is 9.62 Å². The second-order valence-electron chi connectivity index (χ2n) is 6.38. The zero-order chi connectivity index (χ0) is 18.3. The Kier molecular flexibility index (Phi) is 5.01. The smallest absolute Gasteiger partial charge is 0.437 e. The molecule has 1 fully saturated rings. The predicted molar refractivity (Wildman–Crippen MR) is 96.2 cm³/mol. The van der Waals surface area contributed by atoms with Crippen molar-refractivity contribution < 1.29 is 17.9 Å². The first-order chi connectivity index (χ1) is 10.8. The van der Waals surface area contributed by atoms with Crippen molar-refractivity contribution >= 4 is 49.3 Å². The van der Waals surface area contributed by atoms with E-state index < -0.39 is 27.4 Å². The fourth-order valence-corrected chi connectivity index (χ4v) is 4.60. The van der Waals surface area contributed by atoms with Crippen LogP contribution in [-0.2, 0) is 20.4 Å². The summed E-state index contributed by atoms with van der Waals surface area (Å²) in [5.74, 6) is -0.548. The molecule has 0 bridgehead atoms. The molecule has 11 heteroatoms. The summed E-state index contributed by atoms with van der Waals surface area (Å²) in [6.45, 7) is 5.07. The number of guanidine groups is 1. The average molecular weight is 439 g/mol. The van der Waals surface area contributed by atoms with E-state index in [2.05, 4.69) is 26.2 Å². The van der Waals surface area contributed by atoms with Gasteiger partial charge in [0.05, 0.1) is 3.79 Å². The number of amides is 1. The van der Waals surface area contributed by atoms with E-state index >= 15 is 0 Å². The molecule has 1 atom stereocenters. The Morgan fingerprint density at radius 2 is 2.17 bits per heavy atom. The highest BCUT2D eigenvalue weighted by Gasteiger charge is 2.44. The normalized spacial score (nSPS) is 25.4. The van der Waals surface area contributed by atoms with Crippen LogP contribution in [0.25, 0.3) is 0 Å². The molecule has 0 radical (unpaired) electrons. The van der Waals surface area contributed by atoms with Crippen molar-refractivity contribution in [2.75, 3.05) is 12.8 Å². The standard InChI is InChI=1S/C13H19BrN4O4S2/c1-12(2,3)22-11(19)16-10-17-13(15,7-24(20,21)18(10)4)8-5-9(14)23-6-8/h5-6H,7,15H2,1-4H3,(H,16,17,19)/t13-/m0/s1. The van der Waals surface area contributed by atoms with Gasteiger partial charge in [-0.1, -0.05) is 0 Å². The minimum atomic E-state index is -3.75. The van der Waals surface area contributed by atoms with Gasteiger partial charge in [-0.2, -0.15) is 0 Å². The molecule has 0 unspecified atom stereocenters. The van der Waals surface area contributed by atoms with Crippen LogP contribution in [0.4, 0.5) is 4.79 Å². The van der Waals surface area contributed by atoms with Gasteiger partial charge < -0.3 is 15.8 Å². The Morgan fingerprint density at radius 3 is 2.67 bits per heavy atom. The molecule has 24 heavy (non-hydrogen) atoms. The van der Waals surface area contributed by atoms with Crippen LogP contribution in [0, 0.1) is 0 Å². The Morgan fingerprint density at radius 1 is 1.54 bits per heavy atom. The fourth-order valence-electron chi connectivity index (χ4n) is 2.00. The van der Waals surface area contributed by atoms with Crippen LogP contribution in [0.2, 0.25) is 0 Å². The molecule has 134 valence electrons. The number of carbonyl (C=O) groups is 1. The molecule has 1 aromatic rings. The lowest BCUT2D eigenvalue weighted by molar-refractivity contribution is 0.0602. The maximum atomic E-state index is 12.4. The van der Waals surface area contributed by atoms with Crippen LogP contribution in [-0.4, -0.2) is 43.2 Å². The Balaban J connectivity index is 2.39. The van der Waals surface area contributed by atoms with Gasteiger partial charge in [0.25, 0.3) is 0 Å². The number of carbonyl (C=O) groups excluding carboxylic acids is 1. The van der Waals surface area contributed by atoms with Crippen molar-refractivity contribution in [3.8, 4) is 0 Å². The lowest BCUT2D eigenvalue weighted by Gasteiger charge is -2.39. The van der Waals surface area contributed by atoms with Crippen molar-refractivity contribution in [2.45, 2.75) is 32.0 Å². The summed E-state index contributed by atoms with van der Waals surface area (Å²) in [4.78, 5) is 15.6. The molecule has 3 N–H and O–H groups in total. The third-order valence-corrected chi connectivity index (χ3v) is 6.47. The number of rotatable bonds is 1. The van der Waals surface area contributed by atoms with Crippen LogP contribution in [0.5, 0.6) is 0 Å². The zero-order valence-electron chi connectivity index (χ0n) is 13.7. The average Bonchev–Trinajstić information content (AvgIpc) is 2.80. The number of aliphatic imine (C=N–C) groups is 1. The van der Waals surface area contributed by atoms with Gasteiger partial charge in [0.2, 0.25) is 16.0 Å². The Labute approximate surface area is 153 Å². The number of ether oxygens (including phenoxy) is 1. The second kappa shape index (κ2) is 6.28. The maximum Gasteiger partial charge on any atom is 0.437 e. The first-order valence-corrected chi connectivity index (χ1v) is 10.2. The van der Waals surface area contributed by atoms with Crippen molar-refractivity contribution in [2.24, 2.45) is 10.7 Å². The highest BCUT2D eigenvalue weighted by molar-refractivity contribution is 9.11. The minimum absolute atomic E-state index is 0.180. The van der Waals surface area contributed by atoms with Gasteiger partial charge in [0.15, 0.2) is 0 Å². The molecule has 2 heterocycles. The lowest BCUT2D eigenvalue weighted by Crippen LogP contribution is -2.66. The number of hydrogen-bond acceptors (Lipinski definition) is 6. The topological polar surface area (TPSA) is 114 Å². The minimum Gasteiger partial charge on any atom is -0.442 e. The van der Waals surface area contributed by atoms with E-state index in [0.717, 1.165) is 8.09 Å². The third-order valence-electron chi connectivity index (χ3n) is 3.13. The van der Waals surface area contributed by atoms with Crippen LogP contribution >= 0.6 is 27.3 Å². The SMILES string of the molecule is CN1/C(=N\C(=O)OC(C)(C)C)N[C@](N)(c2csc(Br)c2)CS1(=O)=O. The van der Waals surface area contributed by atoms with Crippen molar-refractivity contribution in [3.63, 3.8) is 0 Å². The van der Waals surface area contributed by atoms with Gasteiger partial charge >= 0.3 is 6.09 Å². The van der Waals surface area contributed by atoms with Crippen LogP contribution in [0.3, 0.4) is 0 Å². The van der Waals surface area contributed by atoms with E-state index in [1.54, 1.807) is 32.2 Å². The van der Waals surface area contributed by atoms with Gasteiger partial charge in [-0.05, 0) is 48.1 Å². The van der Waals surface area contributed by atoms with E-state index in [0.29, 0.717) is 5.56 Å². The number of thiophene rings is 1. The second-order valence-corrected chi connectivity index (χ2v) is 10.7. The molecule has 8 nitrogen and oxygen atoms in total. The summed E-state index contributed by atoms with van der Waals surface area (Å²) in [5, 5.41) is 4.58. The molecule has 1 saturated heterocycles. The first-order valence-electron chi connectivity index (χ1n) is 6.92. The summed E-state index contributed by atoms with van der Waals surface area (Å²) in [7, 11) is -2.45. The summed E-state index contributed by atoms with van der Waals surface area (Å²) in [5.41, 5.74) is 4.70. The Hall–Kier alpha value is -1.17. The molecule has 0 saturated carbocycles. The quantitative estimate of drug-likeness (QED) is 0.690. The molecule has 1 aromatic heterocycles. The number of halogens is 1. The lowest BCUT2D eigenvalue weighted by atomic mass is 10.1. The van der Waals surface area contributed by atoms with E-state index in [9.17, 15) is 13.2 Å². The number of nitrogens with two attached hydrogens (primary N) is 1. The van der Waals surface area contributed by atoms with Crippen LogP contribution in [0.15, 0.2) is 20.2 Å². The summed E-state index contributed by atoms with van der Waals surface area (Å²) >= 11 is 4.70. The predicted octanol–water partition coefficient (Wildman–Crippen LogP) is 1.78. The number of nitrogens with one attached hydrogen (secondary N) is 1. The van der Waals surface area contributed by atoms with Gasteiger partial charge in [-0.25, -0.2) is 17.5 Å². The number of nitrogens with zero attached hydrogens (tertiary/aromatic N) is 2. The van der Waals surface area contributed by atoms with Crippen molar-refractivity contribution in [1.29, 1.82) is 0 Å². The van der Waals surface area contributed by atoms with Gasteiger partial charge in [0.1, 0.15) is 17.0 Å². The van der Waals surface area contributed by atoms with Crippen molar-refractivity contribution in [3.05, 3.63) is 20.8 Å². The molecule has 0 aromatic carbocycles. The fraction of sp³-hybridized carbons (Fsp3) is 0.538. The summed E-state index contributed by atoms with van der Waals surface area (Å²) in [6.07, 6.45) is -0.900. The van der Waals surface area contributed by atoms with Crippen LogP contribution < -0.4 is 11.1 Å². The van der Waals surface area contributed by atoms with Gasteiger partial charge in [-0.15, -0.1) is 16.3 Å². The molecule has 1 aliphatic heterocycles. The van der Waals surface area contributed by atoms with Crippen LogP contribution in [0.1, 0.15) is 26.3 Å². The van der Waals surface area contributed by atoms with Gasteiger partial charge in [-0.3, -0.25) is 0 Å². The number of hydrogen-bond donors (Lipinski definition) is 2. The molecule has 2 rings (SSSR count). The summed E-state index contributed by atoms with van der Waals surface area (Å²) < 4.78 is 31.6. The largest absolute Gasteiger partial charge is 0.442 e. The highest BCUT2D eigenvalue weighted by atomic mass is 79.9. The molecule has 0 aliphatic carbocycles. The summed E-state index contributed by atoms with van der Waals surface area (Å²) in [6, 6.07) is 1.73. The maximum absolute atomic E-state index is 12.4. The Bertz CT molecular complexity index is 784. The molecule has 0 spiro atoms. The van der Waals surface area contributed by atoms with E-state index in [1.807, 2.05) is 0 Å². The van der Waals surface area contributed by atoms with Gasteiger partial charge in [0, 0.05) is 12.6 Å². The van der Waals surface area contributed by atoms with E-state index in [4.69, 9.17) is 10.5 Å². The number of sulfonamides is 1. The molecule has 1 aliphatic rings. The third kappa shape index (κ3) is 4.26. The van der Waals surface area contributed by atoms with E-state index in [-0.39, 0.29) is 11.7 Å².